The van der Waals surface area contributed by atoms with Crippen LogP contribution in [0.2, 0.25) is 0 Å². The second-order valence-electron chi connectivity index (χ2n) is 9.25. The van der Waals surface area contributed by atoms with Crippen LogP contribution < -0.4 is 15.0 Å². The van der Waals surface area contributed by atoms with Crippen LogP contribution in [0.3, 0.4) is 0 Å². The first-order chi connectivity index (χ1) is 19.5. The number of fused-ring (bicyclic) bond motifs is 1. The minimum absolute atomic E-state index is 0.0703. The average Bonchev–Trinajstić information content (AvgIpc) is 3.65. The maximum Gasteiger partial charge on any atom is 0.228 e. The Balaban J connectivity index is 1.15. The fourth-order valence-corrected chi connectivity index (χ4v) is 5.38. The smallest absolute Gasteiger partial charge is 0.228 e. The van der Waals surface area contributed by atoms with Crippen molar-refractivity contribution >= 4 is 45.0 Å². The van der Waals surface area contributed by atoms with Crippen molar-refractivity contribution in [3.05, 3.63) is 83.6 Å². The van der Waals surface area contributed by atoms with E-state index in [1.54, 1.807) is 11.2 Å². The van der Waals surface area contributed by atoms with Gasteiger partial charge in [-0.3, -0.25) is 4.79 Å². The monoisotopic (exact) mass is 561 g/mol. The number of carbonyl (C=O) groups is 1. The number of thiophene rings is 1. The van der Waals surface area contributed by atoms with Crippen LogP contribution in [0.5, 0.6) is 5.75 Å². The Morgan fingerprint density at radius 1 is 1.05 bits per heavy atom. The second-order valence-corrected chi connectivity index (χ2v) is 10.1. The summed E-state index contributed by atoms with van der Waals surface area (Å²) < 4.78 is 35.5. The van der Waals surface area contributed by atoms with E-state index in [4.69, 9.17) is 14.7 Å². The zero-order valence-electron chi connectivity index (χ0n) is 21.6. The molecule has 9 nitrogen and oxygen atoms in total. The number of para-hydroxylation sites is 1. The lowest BCUT2D eigenvalue weighted by Crippen LogP contribution is -2.49. The lowest BCUT2D eigenvalue weighted by Gasteiger charge is -2.35. The molecule has 2 aromatic carbocycles. The van der Waals surface area contributed by atoms with Crippen LogP contribution >= 0.6 is 11.3 Å². The zero-order valence-corrected chi connectivity index (χ0v) is 22.4. The number of nitrogens with one attached hydrogen (secondary N) is 1. The number of halogens is 2. The predicted octanol–water partition coefficient (Wildman–Crippen LogP) is 4.80. The predicted molar refractivity (Wildman–Crippen MR) is 150 cm³/mol. The zero-order chi connectivity index (χ0) is 27.6. The number of rotatable bonds is 7. The molecule has 4 heterocycles. The third-order valence-electron chi connectivity index (χ3n) is 6.79. The van der Waals surface area contributed by atoms with Gasteiger partial charge in [-0.15, -0.1) is 11.3 Å². The van der Waals surface area contributed by atoms with Crippen molar-refractivity contribution in [2.45, 2.75) is 6.42 Å². The van der Waals surface area contributed by atoms with E-state index in [0.29, 0.717) is 43.8 Å². The Bertz CT molecular complexity index is 1640. The van der Waals surface area contributed by atoms with E-state index in [2.05, 4.69) is 10.3 Å². The standard InChI is InChI=1S/C28H25F2N7O2S/c1-39-19-13-22(29)21(23(30)14-19)15-25(38)35-8-10-36(11-9-35)28-33-26(20-7-12-40-27(20)34-28)32-24-16-37(17-31-24)18-5-3-2-4-6-18/h2-7,12-14,16-17H,8-11,15H2,1H3,(H,32,33,34). The molecule has 0 saturated carbocycles. The summed E-state index contributed by atoms with van der Waals surface area (Å²) in [6.07, 6.45) is 3.28. The summed E-state index contributed by atoms with van der Waals surface area (Å²) in [5.74, 6) is -0.0306. The quantitative estimate of drug-likeness (QED) is 0.306. The number of hydrogen-bond acceptors (Lipinski definition) is 8. The summed E-state index contributed by atoms with van der Waals surface area (Å²) in [5.41, 5.74) is 0.738. The van der Waals surface area contributed by atoms with E-state index in [1.165, 1.54) is 18.4 Å². The Morgan fingerprint density at radius 2 is 1.80 bits per heavy atom. The normalized spacial score (nSPS) is 13.6. The average molecular weight is 562 g/mol. The molecule has 0 spiro atoms. The summed E-state index contributed by atoms with van der Waals surface area (Å²) in [5, 5.41) is 6.18. The Hall–Kier alpha value is -4.58. The number of aromatic nitrogens is 4. The molecule has 40 heavy (non-hydrogen) atoms. The van der Waals surface area contributed by atoms with Crippen molar-refractivity contribution in [2.75, 3.05) is 43.5 Å². The van der Waals surface area contributed by atoms with Crippen molar-refractivity contribution in [3.8, 4) is 11.4 Å². The van der Waals surface area contributed by atoms with E-state index in [-0.39, 0.29) is 23.6 Å². The molecule has 6 rings (SSSR count). The highest BCUT2D eigenvalue weighted by molar-refractivity contribution is 7.16. The molecular weight excluding hydrogens is 536 g/mol. The highest BCUT2D eigenvalue weighted by atomic mass is 32.1. The van der Waals surface area contributed by atoms with Gasteiger partial charge in [0.25, 0.3) is 0 Å². The molecule has 1 aliphatic heterocycles. The van der Waals surface area contributed by atoms with Gasteiger partial charge >= 0.3 is 0 Å². The van der Waals surface area contributed by atoms with Gasteiger partial charge in [-0.05, 0) is 23.6 Å². The van der Waals surface area contributed by atoms with Crippen LogP contribution in [0, 0.1) is 11.6 Å². The second kappa shape index (κ2) is 10.9. The van der Waals surface area contributed by atoms with E-state index in [0.717, 1.165) is 28.0 Å². The molecule has 5 aromatic rings. The largest absolute Gasteiger partial charge is 0.497 e. The van der Waals surface area contributed by atoms with Gasteiger partial charge < -0.3 is 24.4 Å². The number of nitrogens with zero attached hydrogens (tertiary/aromatic N) is 6. The van der Waals surface area contributed by atoms with Crippen molar-refractivity contribution in [3.63, 3.8) is 0 Å². The summed E-state index contributed by atoms with van der Waals surface area (Å²) in [4.78, 5) is 31.3. The van der Waals surface area contributed by atoms with Gasteiger partial charge in [-0.1, -0.05) is 18.2 Å². The van der Waals surface area contributed by atoms with E-state index < -0.39 is 11.6 Å². The lowest BCUT2D eigenvalue weighted by molar-refractivity contribution is -0.130. The van der Waals surface area contributed by atoms with Crippen molar-refractivity contribution in [1.82, 2.24) is 24.4 Å². The van der Waals surface area contributed by atoms with Crippen molar-refractivity contribution in [2.24, 2.45) is 0 Å². The van der Waals surface area contributed by atoms with E-state index in [1.807, 2.05) is 57.4 Å². The van der Waals surface area contributed by atoms with Crippen LogP contribution in [-0.4, -0.2) is 63.6 Å². The number of piperazine rings is 1. The first kappa shape index (κ1) is 25.7. The Kier molecular flexibility index (Phi) is 6.99. The van der Waals surface area contributed by atoms with Gasteiger partial charge in [-0.25, -0.2) is 18.7 Å². The Morgan fingerprint density at radius 3 is 2.52 bits per heavy atom. The fourth-order valence-electron chi connectivity index (χ4n) is 4.62. The summed E-state index contributed by atoms with van der Waals surface area (Å²) in [6.45, 7) is 1.74. The number of hydrogen-bond donors (Lipinski definition) is 1. The third-order valence-corrected chi connectivity index (χ3v) is 7.60. The first-order valence-corrected chi connectivity index (χ1v) is 13.5. The molecule has 0 atom stereocenters. The number of amides is 1. The fraction of sp³-hybridized carbons (Fsp3) is 0.214. The van der Waals surface area contributed by atoms with Gasteiger partial charge in [0.15, 0.2) is 0 Å². The third kappa shape index (κ3) is 5.17. The molecule has 1 amide bonds. The number of benzene rings is 2. The first-order valence-electron chi connectivity index (χ1n) is 12.6. The van der Waals surface area contributed by atoms with Crippen LogP contribution in [0.1, 0.15) is 5.56 Å². The number of carbonyl (C=O) groups excluding carboxylic acids is 1. The van der Waals surface area contributed by atoms with Crippen LogP contribution in [0.25, 0.3) is 15.9 Å². The van der Waals surface area contributed by atoms with E-state index >= 15 is 0 Å². The summed E-state index contributed by atoms with van der Waals surface area (Å²) in [7, 11) is 1.33. The molecule has 0 radical (unpaired) electrons. The van der Waals surface area contributed by atoms with Gasteiger partial charge in [0, 0.05) is 49.6 Å². The molecule has 0 aliphatic carbocycles. The molecule has 0 unspecified atom stereocenters. The highest BCUT2D eigenvalue weighted by Gasteiger charge is 2.26. The molecule has 204 valence electrons. The van der Waals surface area contributed by atoms with Gasteiger partial charge in [0.2, 0.25) is 11.9 Å². The molecule has 1 fully saturated rings. The topological polar surface area (TPSA) is 88.4 Å². The van der Waals surface area contributed by atoms with Gasteiger partial charge in [-0.2, -0.15) is 4.98 Å². The Labute approximate surface area is 232 Å². The maximum atomic E-state index is 14.4. The molecule has 3 aromatic heterocycles. The summed E-state index contributed by atoms with van der Waals surface area (Å²) in [6, 6.07) is 14.0. The van der Waals surface area contributed by atoms with E-state index in [9.17, 15) is 13.6 Å². The molecule has 12 heteroatoms. The molecule has 0 bridgehead atoms. The lowest BCUT2D eigenvalue weighted by atomic mass is 10.1. The van der Waals surface area contributed by atoms with Crippen LogP contribution in [-0.2, 0) is 11.2 Å². The van der Waals surface area contributed by atoms with Gasteiger partial charge in [0.1, 0.15) is 40.2 Å². The number of ether oxygens (including phenoxy) is 1. The number of methoxy groups -OCH3 is 1. The molecule has 1 N–H and O–H groups in total. The molecule has 1 saturated heterocycles. The molecular formula is C28H25F2N7O2S. The van der Waals surface area contributed by atoms with Crippen molar-refractivity contribution < 1.29 is 18.3 Å². The van der Waals surface area contributed by atoms with Crippen molar-refractivity contribution in [1.29, 1.82) is 0 Å². The summed E-state index contributed by atoms with van der Waals surface area (Å²) >= 11 is 1.52. The SMILES string of the molecule is COc1cc(F)c(CC(=O)N2CCN(c3nc(Nc4cn(-c5ccccc5)cn4)c4ccsc4n3)CC2)c(F)c1. The number of imidazole rings is 1. The number of anilines is 3. The maximum absolute atomic E-state index is 14.4. The van der Waals surface area contributed by atoms with Gasteiger partial charge in [0.05, 0.1) is 25.1 Å². The highest BCUT2D eigenvalue weighted by Crippen LogP contribution is 2.30. The minimum atomic E-state index is -0.796. The van der Waals surface area contributed by atoms with Crippen LogP contribution in [0.4, 0.5) is 26.4 Å². The minimum Gasteiger partial charge on any atom is -0.497 e. The molecule has 1 aliphatic rings. The van der Waals surface area contributed by atoms with Crippen LogP contribution in [0.15, 0.2) is 66.4 Å².